The Hall–Kier alpha value is -2.42. The predicted molar refractivity (Wildman–Crippen MR) is 142 cm³/mol. The lowest BCUT2D eigenvalue weighted by Crippen LogP contribution is -2.31. The molecular formula is C27H41F3N2O3S. The first-order valence-corrected chi connectivity index (χ1v) is 13.2. The molecule has 2 unspecified atom stereocenters. The van der Waals surface area contributed by atoms with Crippen molar-refractivity contribution in [2.45, 2.75) is 106 Å². The van der Waals surface area contributed by atoms with Crippen LogP contribution < -0.4 is 10.1 Å². The van der Waals surface area contributed by atoms with E-state index in [9.17, 15) is 22.8 Å². The third kappa shape index (κ3) is 9.22. The van der Waals surface area contributed by atoms with Crippen LogP contribution in [-0.4, -0.2) is 22.8 Å². The topological polar surface area (TPSA) is 68.3 Å². The number of ether oxygens (including phenoxy) is 1. The minimum atomic E-state index is -4.79. The van der Waals surface area contributed by atoms with Crippen molar-refractivity contribution in [1.29, 1.82) is 0 Å². The van der Waals surface area contributed by atoms with Crippen LogP contribution in [0.5, 0.6) is 5.75 Å². The number of ketones is 1. The molecule has 1 N–H and O–H groups in total. The zero-order valence-electron chi connectivity index (χ0n) is 23.3. The molecule has 0 radical (unpaired) electrons. The summed E-state index contributed by atoms with van der Waals surface area (Å²) in [5.41, 5.74) is 0.556. The molecule has 1 amide bonds. The fourth-order valence-corrected chi connectivity index (χ4v) is 3.92. The van der Waals surface area contributed by atoms with Gasteiger partial charge in [0.05, 0.1) is 0 Å². The summed E-state index contributed by atoms with van der Waals surface area (Å²) in [5.74, 6) is -0.523. The predicted octanol–water partition coefficient (Wildman–Crippen LogP) is 8.63. The highest BCUT2D eigenvalue weighted by molar-refractivity contribution is 7.17. The first-order chi connectivity index (χ1) is 16.6. The Morgan fingerprint density at radius 3 is 2.06 bits per heavy atom. The van der Waals surface area contributed by atoms with Crippen LogP contribution in [0.3, 0.4) is 0 Å². The maximum Gasteiger partial charge on any atom is 0.435 e. The Balaban J connectivity index is 0.00000291. The number of rotatable bonds is 7. The maximum atomic E-state index is 13.1. The smallest absolute Gasteiger partial charge is 0.435 e. The lowest BCUT2D eigenvalue weighted by molar-refractivity contribution is -0.141. The van der Waals surface area contributed by atoms with E-state index < -0.39 is 34.5 Å². The lowest BCUT2D eigenvalue weighted by Gasteiger charge is -2.26. The number of anilines is 1. The monoisotopic (exact) mass is 530 g/mol. The fraction of sp³-hybridized carbons (Fsp3) is 0.593. The number of amides is 1. The van der Waals surface area contributed by atoms with Crippen LogP contribution in [0.15, 0.2) is 18.2 Å². The van der Waals surface area contributed by atoms with E-state index in [1.165, 1.54) is 12.5 Å². The van der Waals surface area contributed by atoms with Crippen molar-refractivity contribution in [3.63, 3.8) is 0 Å². The van der Waals surface area contributed by atoms with Gasteiger partial charge >= 0.3 is 6.18 Å². The highest BCUT2D eigenvalue weighted by Gasteiger charge is 2.39. The van der Waals surface area contributed by atoms with Gasteiger partial charge in [0.1, 0.15) is 10.6 Å². The van der Waals surface area contributed by atoms with Gasteiger partial charge in [-0.1, -0.05) is 85.8 Å². The molecule has 0 saturated carbocycles. The quantitative estimate of drug-likeness (QED) is 0.364. The first-order valence-electron chi connectivity index (χ1n) is 12.4. The van der Waals surface area contributed by atoms with Crippen molar-refractivity contribution in [3.8, 4) is 5.75 Å². The summed E-state index contributed by atoms with van der Waals surface area (Å²) >= 11 is 0.493. The molecule has 0 aliphatic rings. The van der Waals surface area contributed by atoms with Crippen LogP contribution in [0.25, 0.3) is 0 Å². The zero-order chi connectivity index (χ0) is 28.4. The number of aromatic nitrogens is 1. The lowest BCUT2D eigenvalue weighted by atomic mass is 9.83. The molecule has 1 heterocycles. The van der Waals surface area contributed by atoms with Crippen molar-refractivity contribution in [2.75, 3.05) is 5.32 Å². The second-order valence-electron chi connectivity index (χ2n) is 8.81. The van der Waals surface area contributed by atoms with E-state index in [1.54, 1.807) is 0 Å². The van der Waals surface area contributed by atoms with E-state index in [-0.39, 0.29) is 10.5 Å². The van der Waals surface area contributed by atoms with Gasteiger partial charge in [0.15, 0.2) is 22.7 Å². The molecule has 204 valence electrons. The van der Waals surface area contributed by atoms with Gasteiger partial charge in [0, 0.05) is 6.92 Å². The molecule has 1 aromatic heterocycles. The Morgan fingerprint density at radius 2 is 1.64 bits per heavy atom. The standard InChI is InChI=1S/C23H29F3N2O3S.2C2H6/c1-8-12(2)15-9-10-17(16(11-15)22(5,6)7)31-14(4)20(30)28-21-27-19(23(24,25)26)18(32-21)13(3)29;2*1-2/h9-12,14H,8H2,1-7H3,(H,27,28,30);2*1-2H3. The molecule has 9 heteroatoms. The number of carbonyl (C=O) groups excluding carboxylic acids is 2. The summed E-state index contributed by atoms with van der Waals surface area (Å²) in [4.78, 5) is 27.0. The largest absolute Gasteiger partial charge is 0.481 e. The number of carbonyl (C=O) groups is 2. The number of Topliss-reactive ketones (excluding diaryl/α,β-unsaturated/α-hetero) is 1. The number of hydrogen-bond donors (Lipinski definition) is 1. The van der Waals surface area contributed by atoms with E-state index in [0.29, 0.717) is 23.0 Å². The summed E-state index contributed by atoms with van der Waals surface area (Å²) < 4.78 is 45.3. The number of hydrogen-bond acceptors (Lipinski definition) is 5. The summed E-state index contributed by atoms with van der Waals surface area (Å²) in [5, 5.41) is 2.04. The van der Waals surface area contributed by atoms with Crippen molar-refractivity contribution in [1.82, 2.24) is 4.98 Å². The van der Waals surface area contributed by atoms with Crippen LogP contribution in [-0.2, 0) is 16.4 Å². The van der Waals surface area contributed by atoms with Crippen molar-refractivity contribution in [3.05, 3.63) is 39.9 Å². The van der Waals surface area contributed by atoms with Crippen LogP contribution in [0, 0.1) is 0 Å². The molecule has 0 spiro atoms. The van der Waals surface area contributed by atoms with Crippen LogP contribution in [0.1, 0.15) is 115 Å². The zero-order valence-corrected chi connectivity index (χ0v) is 24.1. The second kappa shape index (κ2) is 14.4. The number of benzene rings is 1. The summed E-state index contributed by atoms with van der Waals surface area (Å²) in [6.45, 7) is 20.9. The van der Waals surface area contributed by atoms with E-state index in [1.807, 2.05) is 60.6 Å². The second-order valence-corrected chi connectivity index (χ2v) is 9.81. The first kappa shape index (κ1) is 33.6. The number of nitrogens with zero attached hydrogens (tertiary/aromatic N) is 1. The molecule has 2 aromatic rings. The van der Waals surface area contributed by atoms with Crippen LogP contribution in [0.4, 0.5) is 18.3 Å². The van der Waals surface area contributed by atoms with E-state index in [4.69, 9.17) is 4.74 Å². The average molecular weight is 531 g/mol. The van der Waals surface area contributed by atoms with E-state index in [2.05, 4.69) is 30.2 Å². The number of alkyl halides is 3. The van der Waals surface area contributed by atoms with Gasteiger partial charge < -0.3 is 4.74 Å². The highest BCUT2D eigenvalue weighted by Crippen LogP contribution is 2.37. The molecule has 0 saturated heterocycles. The number of thiazole rings is 1. The molecule has 0 aliphatic carbocycles. The van der Waals surface area contributed by atoms with Gasteiger partial charge in [-0.05, 0) is 41.9 Å². The van der Waals surface area contributed by atoms with Crippen molar-refractivity contribution >= 4 is 28.2 Å². The van der Waals surface area contributed by atoms with E-state index >= 15 is 0 Å². The highest BCUT2D eigenvalue weighted by atomic mass is 32.1. The summed E-state index contributed by atoms with van der Waals surface area (Å²) in [6, 6.07) is 5.85. The normalized spacial score (nSPS) is 12.8. The Bertz CT molecular complexity index is 995. The summed E-state index contributed by atoms with van der Waals surface area (Å²) in [7, 11) is 0. The Labute approximate surface area is 217 Å². The molecule has 36 heavy (non-hydrogen) atoms. The molecule has 2 rings (SSSR count). The molecular weight excluding hydrogens is 489 g/mol. The van der Waals surface area contributed by atoms with E-state index in [0.717, 1.165) is 18.9 Å². The minimum Gasteiger partial charge on any atom is -0.481 e. The van der Waals surface area contributed by atoms with Gasteiger partial charge in [-0.2, -0.15) is 13.2 Å². The van der Waals surface area contributed by atoms with Crippen molar-refractivity contribution < 1.29 is 27.5 Å². The molecule has 2 atom stereocenters. The van der Waals surface area contributed by atoms with Gasteiger partial charge in [-0.15, -0.1) is 0 Å². The third-order valence-electron chi connectivity index (χ3n) is 5.11. The van der Waals surface area contributed by atoms with Gasteiger partial charge in [-0.3, -0.25) is 14.9 Å². The SMILES string of the molecule is CC.CC.CCC(C)c1ccc(OC(C)C(=O)Nc2nc(C(F)(F)F)c(C(C)=O)s2)c(C(C)(C)C)c1. The molecule has 1 aromatic carbocycles. The molecule has 5 nitrogen and oxygen atoms in total. The molecule has 0 aliphatic heterocycles. The molecule has 0 bridgehead atoms. The Morgan fingerprint density at radius 1 is 1.08 bits per heavy atom. The van der Waals surface area contributed by atoms with Gasteiger partial charge in [0.25, 0.3) is 5.91 Å². The maximum absolute atomic E-state index is 13.1. The fourth-order valence-electron chi connectivity index (χ4n) is 3.03. The average Bonchev–Trinajstić information content (AvgIpc) is 3.25. The Kier molecular flexibility index (Phi) is 13.4. The van der Waals surface area contributed by atoms with Crippen molar-refractivity contribution in [2.24, 2.45) is 0 Å². The van der Waals surface area contributed by atoms with Crippen LogP contribution in [0.2, 0.25) is 0 Å². The van der Waals surface area contributed by atoms with Gasteiger partial charge in [-0.25, -0.2) is 4.98 Å². The summed E-state index contributed by atoms with van der Waals surface area (Å²) in [6.07, 6.45) is -4.80. The molecule has 0 fully saturated rings. The van der Waals surface area contributed by atoms with Crippen LogP contribution >= 0.6 is 11.3 Å². The minimum absolute atomic E-state index is 0.248. The third-order valence-corrected chi connectivity index (χ3v) is 6.18. The number of halogens is 3. The van der Waals surface area contributed by atoms with Gasteiger partial charge in [0.2, 0.25) is 0 Å². The number of nitrogens with one attached hydrogen (secondary N) is 1.